The molecule has 2 rings (SSSR count). The number of rotatable bonds is 5. The van der Waals surface area contributed by atoms with E-state index >= 15 is 0 Å². The van der Waals surface area contributed by atoms with Crippen LogP contribution in [-0.2, 0) is 6.54 Å². The molecule has 0 spiro atoms. The van der Waals surface area contributed by atoms with Crippen LogP contribution in [-0.4, -0.2) is 23.7 Å². The van der Waals surface area contributed by atoms with Crippen LogP contribution in [0.25, 0.3) is 0 Å². The van der Waals surface area contributed by atoms with Crippen molar-refractivity contribution < 1.29 is 4.74 Å². The Morgan fingerprint density at radius 2 is 1.67 bits per heavy atom. The molecule has 1 aliphatic rings. The zero-order valence-electron chi connectivity index (χ0n) is 14.1. The molecule has 3 nitrogen and oxygen atoms in total. The summed E-state index contributed by atoms with van der Waals surface area (Å²) in [5.41, 5.74) is 1.70. The molecule has 21 heavy (non-hydrogen) atoms. The second kappa shape index (κ2) is 6.37. The molecule has 0 radical (unpaired) electrons. The standard InChI is InChI=1S/C18H30N2O/c1-6-21-16-9-7-14(8-10-16)13-19-15-11-17(2,3)20-18(4,5)12-15/h7-10,15,19-20H,6,11-13H2,1-5H3. The molecule has 0 unspecified atom stereocenters. The fourth-order valence-corrected chi connectivity index (χ4v) is 3.60. The smallest absolute Gasteiger partial charge is 0.119 e. The Bertz CT molecular complexity index is 435. The summed E-state index contributed by atoms with van der Waals surface area (Å²) in [7, 11) is 0. The van der Waals surface area contributed by atoms with Crippen molar-refractivity contribution >= 4 is 0 Å². The highest BCUT2D eigenvalue weighted by Gasteiger charge is 2.37. The molecule has 0 amide bonds. The molecule has 118 valence electrons. The van der Waals surface area contributed by atoms with Gasteiger partial charge in [0.05, 0.1) is 6.61 Å². The molecular formula is C18H30N2O. The maximum Gasteiger partial charge on any atom is 0.119 e. The van der Waals surface area contributed by atoms with Crippen molar-refractivity contribution in [3.8, 4) is 5.75 Å². The summed E-state index contributed by atoms with van der Waals surface area (Å²) in [5, 5.41) is 7.44. The number of benzene rings is 1. The van der Waals surface area contributed by atoms with Crippen LogP contribution in [0.15, 0.2) is 24.3 Å². The van der Waals surface area contributed by atoms with Crippen LogP contribution in [0.1, 0.15) is 53.0 Å². The second-order valence-electron chi connectivity index (χ2n) is 7.46. The lowest BCUT2D eigenvalue weighted by Gasteiger charge is -2.46. The lowest BCUT2D eigenvalue weighted by Crippen LogP contribution is -2.61. The van der Waals surface area contributed by atoms with Crippen LogP contribution >= 0.6 is 0 Å². The van der Waals surface area contributed by atoms with Gasteiger partial charge < -0.3 is 15.4 Å². The number of ether oxygens (including phenoxy) is 1. The van der Waals surface area contributed by atoms with Crippen molar-refractivity contribution in [3.63, 3.8) is 0 Å². The summed E-state index contributed by atoms with van der Waals surface area (Å²) in [4.78, 5) is 0. The molecule has 2 N–H and O–H groups in total. The van der Waals surface area contributed by atoms with E-state index in [1.165, 1.54) is 5.56 Å². The molecule has 1 saturated heterocycles. The van der Waals surface area contributed by atoms with E-state index < -0.39 is 0 Å². The van der Waals surface area contributed by atoms with Gasteiger partial charge in [-0.25, -0.2) is 0 Å². The maximum absolute atomic E-state index is 5.48. The summed E-state index contributed by atoms with van der Waals surface area (Å²) >= 11 is 0. The minimum Gasteiger partial charge on any atom is -0.494 e. The van der Waals surface area contributed by atoms with Gasteiger partial charge in [0.2, 0.25) is 0 Å². The minimum absolute atomic E-state index is 0.193. The van der Waals surface area contributed by atoms with Crippen LogP contribution in [0.5, 0.6) is 5.75 Å². The number of nitrogens with one attached hydrogen (secondary N) is 2. The van der Waals surface area contributed by atoms with Gasteiger partial charge in [-0.2, -0.15) is 0 Å². The highest BCUT2D eigenvalue weighted by atomic mass is 16.5. The molecule has 1 aromatic carbocycles. The van der Waals surface area contributed by atoms with Gasteiger partial charge in [-0.1, -0.05) is 12.1 Å². The average molecular weight is 290 g/mol. The largest absolute Gasteiger partial charge is 0.494 e. The number of piperidine rings is 1. The van der Waals surface area contributed by atoms with Gasteiger partial charge in [0, 0.05) is 23.7 Å². The minimum atomic E-state index is 0.193. The number of hydrogen-bond acceptors (Lipinski definition) is 3. The molecule has 1 heterocycles. The van der Waals surface area contributed by atoms with E-state index in [0.717, 1.165) is 31.7 Å². The summed E-state index contributed by atoms with van der Waals surface area (Å²) in [6, 6.07) is 8.96. The van der Waals surface area contributed by atoms with Crippen LogP contribution in [0.4, 0.5) is 0 Å². The van der Waals surface area contributed by atoms with Gasteiger partial charge in [-0.3, -0.25) is 0 Å². The van der Waals surface area contributed by atoms with E-state index in [2.05, 4.69) is 62.6 Å². The van der Waals surface area contributed by atoms with E-state index in [1.807, 2.05) is 6.92 Å². The molecule has 3 heteroatoms. The highest BCUT2D eigenvalue weighted by molar-refractivity contribution is 5.27. The predicted molar refractivity (Wildman–Crippen MR) is 88.8 cm³/mol. The molecule has 0 saturated carbocycles. The summed E-state index contributed by atoms with van der Waals surface area (Å²) in [6.07, 6.45) is 2.32. The zero-order chi connectivity index (χ0) is 15.5. The van der Waals surface area contributed by atoms with E-state index in [0.29, 0.717) is 6.04 Å². The normalized spacial score (nSPS) is 21.2. The Labute approximate surface area is 129 Å². The fourth-order valence-electron chi connectivity index (χ4n) is 3.60. The van der Waals surface area contributed by atoms with Gasteiger partial charge in [0.25, 0.3) is 0 Å². The Morgan fingerprint density at radius 1 is 1.10 bits per heavy atom. The summed E-state index contributed by atoms with van der Waals surface area (Å²) < 4.78 is 5.48. The first-order chi connectivity index (χ1) is 9.80. The lowest BCUT2D eigenvalue weighted by molar-refractivity contribution is 0.145. The van der Waals surface area contributed by atoms with E-state index in [-0.39, 0.29) is 11.1 Å². The average Bonchev–Trinajstić information content (AvgIpc) is 2.35. The van der Waals surface area contributed by atoms with Crippen LogP contribution in [0.2, 0.25) is 0 Å². The molecule has 0 aliphatic carbocycles. The van der Waals surface area contributed by atoms with Gasteiger partial charge in [0.15, 0.2) is 0 Å². The predicted octanol–water partition coefficient (Wildman–Crippen LogP) is 3.48. The molecule has 1 fully saturated rings. The topological polar surface area (TPSA) is 33.3 Å². The van der Waals surface area contributed by atoms with E-state index in [4.69, 9.17) is 4.74 Å². The summed E-state index contributed by atoms with van der Waals surface area (Å²) in [6.45, 7) is 12.8. The molecule has 0 bridgehead atoms. The first-order valence-electron chi connectivity index (χ1n) is 8.04. The van der Waals surface area contributed by atoms with Gasteiger partial charge in [-0.15, -0.1) is 0 Å². The molecule has 1 aromatic rings. The van der Waals surface area contributed by atoms with Gasteiger partial charge in [0.1, 0.15) is 5.75 Å². The van der Waals surface area contributed by atoms with Crippen molar-refractivity contribution in [2.45, 2.75) is 71.1 Å². The zero-order valence-corrected chi connectivity index (χ0v) is 14.1. The third kappa shape index (κ3) is 5.01. The quantitative estimate of drug-likeness (QED) is 0.871. The van der Waals surface area contributed by atoms with Crippen molar-refractivity contribution in [2.24, 2.45) is 0 Å². The third-order valence-electron chi connectivity index (χ3n) is 4.02. The van der Waals surface area contributed by atoms with Crippen molar-refractivity contribution in [1.29, 1.82) is 0 Å². The summed E-state index contributed by atoms with van der Waals surface area (Å²) in [5.74, 6) is 0.949. The van der Waals surface area contributed by atoms with Crippen molar-refractivity contribution in [1.82, 2.24) is 10.6 Å². The van der Waals surface area contributed by atoms with Crippen molar-refractivity contribution in [3.05, 3.63) is 29.8 Å². The Hall–Kier alpha value is -1.06. The SMILES string of the molecule is CCOc1ccc(CNC2CC(C)(C)NC(C)(C)C2)cc1. The first kappa shape index (κ1) is 16.3. The van der Waals surface area contributed by atoms with E-state index in [1.54, 1.807) is 0 Å². The highest BCUT2D eigenvalue weighted by Crippen LogP contribution is 2.28. The lowest BCUT2D eigenvalue weighted by atomic mass is 9.79. The fraction of sp³-hybridized carbons (Fsp3) is 0.667. The number of hydrogen-bond donors (Lipinski definition) is 2. The Morgan fingerprint density at radius 3 is 2.19 bits per heavy atom. The Kier molecular flexibility index (Phi) is 4.95. The van der Waals surface area contributed by atoms with Crippen LogP contribution in [0, 0.1) is 0 Å². The molecule has 0 aromatic heterocycles. The molecular weight excluding hydrogens is 260 g/mol. The monoisotopic (exact) mass is 290 g/mol. The van der Waals surface area contributed by atoms with Crippen LogP contribution < -0.4 is 15.4 Å². The van der Waals surface area contributed by atoms with Gasteiger partial charge >= 0.3 is 0 Å². The first-order valence-corrected chi connectivity index (χ1v) is 8.04. The second-order valence-corrected chi connectivity index (χ2v) is 7.46. The van der Waals surface area contributed by atoms with Gasteiger partial charge in [-0.05, 0) is 65.2 Å². The Balaban J connectivity index is 1.90. The third-order valence-corrected chi connectivity index (χ3v) is 4.02. The maximum atomic E-state index is 5.48. The van der Waals surface area contributed by atoms with Crippen molar-refractivity contribution in [2.75, 3.05) is 6.61 Å². The molecule has 0 atom stereocenters. The molecule has 1 aliphatic heterocycles. The van der Waals surface area contributed by atoms with E-state index in [9.17, 15) is 0 Å². The van der Waals surface area contributed by atoms with Crippen LogP contribution in [0.3, 0.4) is 0 Å².